The van der Waals surface area contributed by atoms with E-state index in [-0.39, 0.29) is 7.69 Å². The molecule has 0 amide bonds. The van der Waals surface area contributed by atoms with Gasteiger partial charge < -0.3 is 9.68 Å². The Hall–Kier alpha value is 0.0149. The molecule has 12 heavy (non-hydrogen) atoms. The minimum atomic E-state index is -0.409. The van der Waals surface area contributed by atoms with Gasteiger partial charge in [0, 0.05) is 0 Å². The maximum atomic E-state index is 8.42. The molecule has 0 aliphatic rings. The molecule has 0 aromatic rings. The summed E-state index contributed by atoms with van der Waals surface area (Å²) in [5.74, 6) is 0.351. The lowest BCUT2D eigenvalue weighted by molar-refractivity contribution is 0.230. The van der Waals surface area contributed by atoms with E-state index in [4.69, 9.17) is 21.3 Å². The van der Waals surface area contributed by atoms with E-state index >= 15 is 0 Å². The smallest absolute Gasteiger partial charge is 0.430 e. The van der Waals surface area contributed by atoms with Gasteiger partial charge in [0.15, 0.2) is 0 Å². The van der Waals surface area contributed by atoms with Crippen LogP contribution in [0.15, 0.2) is 12.2 Å². The molecule has 0 saturated carbocycles. The van der Waals surface area contributed by atoms with Crippen LogP contribution in [0.1, 0.15) is 26.7 Å². The second-order valence-electron chi connectivity index (χ2n) is 2.85. The van der Waals surface area contributed by atoms with E-state index < -0.39 is 5.56 Å². The summed E-state index contributed by atoms with van der Waals surface area (Å²) >= 11 is 5.75. The van der Waals surface area contributed by atoms with Crippen LogP contribution in [0, 0.1) is 5.92 Å². The third kappa shape index (κ3) is 4.80. The van der Waals surface area contributed by atoms with Crippen molar-refractivity contribution >= 4 is 19.3 Å². The maximum absolute atomic E-state index is 8.42. The Bertz CT molecular complexity index is 141. The highest BCUT2D eigenvalue weighted by Gasteiger charge is 2.12. The normalized spacial score (nSPS) is 15.3. The van der Waals surface area contributed by atoms with Crippen molar-refractivity contribution in [2.45, 2.75) is 32.3 Å². The van der Waals surface area contributed by atoms with Gasteiger partial charge in [0.05, 0.1) is 0 Å². The van der Waals surface area contributed by atoms with Gasteiger partial charge in [-0.05, 0) is 18.8 Å². The highest BCUT2D eigenvalue weighted by atomic mass is 35.5. The topological polar surface area (TPSA) is 29.5 Å². The third-order valence-electron chi connectivity index (χ3n) is 1.95. The maximum Gasteiger partial charge on any atom is 0.436 e. The van der Waals surface area contributed by atoms with Gasteiger partial charge in [-0.3, -0.25) is 0 Å². The summed E-state index contributed by atoms with van der Waals surface area (Å²) < 4.78 is 4.79. The van der Waals surface area contributed by atoms with Crippen LogP contribution in [-0.2, 0) is 4.65 Å². The number of alkyl halides is 1. The molecule has 2 atom stereocenters. The first kappa shape index (κ1) is 12.0. The first-order valence-electron chi connectivity index (χ1n) is 4.16. The molecule has 0 heterocycles. The molecule has 0 aliphatic heterocycles. The van der Waals surface area contributed by atoms with Crippen LogP contribution in [0.5, 0.6) is 0 Å². The molecule has 0 aromatic carbocycles. The summed E-state index contributed by atoms with van der Waals surface area (Å²) in [5.41, 5.74) is 0.760. The lowest BCUT2D eigenvalue weighted by atomic mass is 9.97. The Balaban J connectivity index is 3.67. The Labute approximate surface area is 79.9 Å². The van der Waals surface area contributed by atoms with E-state index in [9.17, 15) is 0 Å². The van der Waals surface area contributed by atoms with E-state index in [1.165, 1.54) is 5.57 Å². The summed E-state index contributed by atoms with van der Waals surface area (Å²) in [6.45, 7) is 8.03. The number of hydrogen-bond acceptors (Lipinski definition) is 2. The molecule has 0 spiro atoms. The summed E-state index contributed by atoms with van der Waals surface area (Å²) in [4.78, 5) is 0. The van der Waals surface area contributed by atoms with Gasteiger partial charge in [-0.25, -0.2) is 0 Å². The van der Waals surface area contributed by atoms with Crippen molar-refractivity contribution in [3.63, 3.8) is 0 Å². The summed E-state index contributed by atoms with van der Waals surface area (Å²) in [6, 6.07) is 0. The van der Waals surface area contributed by atoms with Crippen LogP contribution in [0.4, 0.5) is 0 Å². The predicted octanol–water partition coefficient (Wildman–Crippen LogP) is 1.82. The molecule has 0 radical (unpaired) electrons. The number of allylic oxidation sites excluding steroid dienone is 1. The van der Waals surface area contributed by atoms with E-state index in [1.54, 1.807) is 0 Å². The lowest BCUT2D eigenvalue weighted by Gasteiger charge is -2.16. The zero-order chi connectivity index (χ0) is 9.56. The fourth-order valence-electron chi connectivity index (χ4n) is 0.942. The van der Waals surface area contributed by atoms with E-state index in [0.29, 0.717) is 12.3 Å². The van der Waals surface area contributed by atoms with Gasteiger partial charge in [-0.1, -0.05) is 37.6 Å². The first-order valence-corrected chi connectivity index (χ1v) is 4.59. The van der Waals surface area contributed by atoms with Crippen molar-refractivity contribution in [2.24, 2.45) is 5.92 Å². The molecule has 0 bridgehead atoms. The van der Waals surface area contributed by atoms with Crippen molar-refractivity contribution in [1.29, 1.82) is 0 Å². The second kappa shape index (κ2) is 6.52. The van der Waals surface area contributed by atoms with Crippen molar-refractivity contribution in [3.05, 3.63) is 12.2 Å². The molecule has 1 N–H and O–H groups in total. The van der Waals surface area contributed by atoms with Crippen LogP contribution in [0.2, 0.25) is 0 Å². The van der Waals surface area contributed by atoms with E-state index in [0.717, 1.165) is 6.42 Å². The van der Waals surface area contributed by atoms with Crippen molar-refractivity contribution in [3.8, 4) is 0 Å². The average Bonchev–Trinajstić information content (AvgIpc) is 2.03. The Morgan fingerprint density at radius 1 is 1.75 bits per heavy atom. The molecule has 2 unspecified atom stereocenters. The van der Waals surface area contributed by atoms with Crippen LogP contribution in [-0.4, -0.2) is 18.3 Å². The number of halogens is 1. The van der Waals surface area contributed by atoms with Gasteiger partial charge in [-0.2, -0.15) is 0 Å². The van der Waals surface area contributed by atoms with Gasteiger partial charge in [0.25, 0.3) is 0 Å². The molecule has 0 aromatic heterocycles. The van der Waals surface area contributed by atoms with Gasteiger partial charge in [-0.15, -0.1) is 0 Å². The second-order valence-corrected chi connectivity index (χ2v) is 3.34. The molecule has 0 rings (SSSR count). The Morgan fingerprint density at radius 3 is 2.75 bits per heavy atom. The molecule has 4 heteroatoms. The van der Waals surface area contributed by atoms with Crippen LogP contribution < -0.4 is 0 Å². The number of rotatable bonds is 6. The Kier molecular flexibility index (Phi) is 6.53. The van der Waals surface area contributed by atoms with Crippen LogP contribution in [0.3, 0.4) is 0 Å². The molecular formula is C8H16BClO2. The zero-order valence-corrected chi connectivity index (χ0v) is 8.47. The summed E-state index contributed by atoms with van der Waals surface area (Å²) in [6.07, 6.45) is 1.67. The van der Waals surface area contributed by atoms with Gasteiger partial charge in [0.1, 0.15) is 5.56 Å². The number of hydrogen-bond donors (Lipinski definition) is 1. The predicted molar refractivity (Wildman–Crippen MR) is 53.3 cm³/mol. The fraction of sp³-hybridized carbons (Fsp3) is 0.750. The summed E-state index contributed by atoms with van der Waals surface area (Å²) in [5, 5.41) is 8.42. The van der Waals surface area contributed by atoms with Crippen molar-refractivity contribution in [1.82, 2.24) is 0 Å². The summed E-state index contributed by atoms with van der Waals surface area (Å²) in [7, 11) is -0.320. The highest BCUT2D eigenvalue weighted by molar-refractivity contribution is 6.23. The molecule has 0 saturated heterocycles. The minimum absolute atomic E-state index is 0.320. The zero-order valence-electron chi connectivity index (χ0n) is 7.72. The average molecular weight is 190 g/mol. The molecular weight excluding hydrogens is 174 g/mol. The van der Waals surface area contributed by atoms with Crippen LogP contribution >= 0.6 is 11.6 Å². The van der Waals surface area contributed by atoms with Gasteiger partial charge >= 0.3 is 7.69 Å². The van der Waals surface area contributed by atoms with Crippen molar-refractivity contribution < 1.29 is 9.68 Å². The SMILES string of the molecule is C=C(CC)C(C)CC(Cl)OBO. The standard InChI is InChI=1S/C8H16BClO2/c1-4-6(2)7(3)5-8(10)12-9-11/h7-9,11H,2,4-5H2,1,3H3. The van der Waals surface area contributed by atoms with E-state index in [1.807, 2.05) is 0 Å². The molecule has 70 valence electrons. The highest BCUT2D eigenvalue weighted by Crippen LogP contribution is 2.20. The largest absolute Gasteiger partial charge is 0.436 e. The van der Waals surface area contributed by atoms with Crippen LogP contribution in [0.25, 0.3) is 0 Å². The quantitative estimate of drug-likeness (QED) is 0.393. The molecule has 0 fully saturated rings. The Morgan fingerprint density at radius 2 is 2.33 bits per heavy atom. The minimum Gasteiger partial charge on any atom is -0.430 e. The van der Waals surface area contributed by atoms with Gasteiger partial charge in [0.2, 0.25) is 0 Å². The third-order valence-corrected chi connectivity index (χ3v) is 2.25. The first-order chi connectivity index (χ1) is 5.61. The monoisotopic (exact) mass is 190 g/mol. The molecule has 2 nitrogen and oxygen atoms in total. The lowest BCUT2D eigenvalue weighted by Crippen LogP contribution is -2.13. The van der Waals surface area contributed by atoms with Crippen molar-refractivity contribution in [2.75, 3.05) is 0 Å². The molecule has 0 aliphatic carbocycles. The van der Waals surface area contributed by atoms with E-state index in [2.05, 4.69) is 20.4 Å². The fourth-order valence-corrected chi connectivity index (χ4v) is 1.27.